The molecule has 1 aliphatic heterocycles. The lowest BCUT2D eigenvalue weighted by Gasteiger charge is -2.33. The normalized spacial score (nSPS) is 17.0. The summed E-state index contributed by atoms with van der Waals surface area (Å²) < 4.78 is 5.38. The Morgan fingerprint density at radius 3 is 2.53 bits per heavy atom. The molecule has 1 aliphatic rings. The van der Waals surface area contributed by atoms with Crippen molar-refractivity contribution in [2.75, 3.05) is 70.5 Å². The van der Waals surface area contributed by atoms with Gasteiger partial charge in [-0.25, -0.2) is 0 Å². The van der Waals surface area contributed by atoms with Gasteiger partial charge in [0.15, 0.2) is 5.96 Å². The molecule has 0 spiro atoms. The van der Waals surface area contributed by atoms with Crippen LogP contribution in [0.5, 0.6) is 0 Å². The van der Waals surface area contributed by atoms with Gasteiger partial charge in [0, 0.05) is 51.5 Å². The highest BCUT2D eigenvalue weighted by molar-refractivity contribution is 14.0. The number of para-hydroxylation sites is 1. The Labute approximate surface area is 199 Å². The Balaban J connectivity index is 0.00000450. The molecular weight excluding hydrogens is 493 g/mol. The first-order valence-corrected chi connectivity index (χ1v) is 10.9. The molecule has 1 heterocycles. The van der Waals surface area contributed by atoms with E-state index in [2.05, 4.69) is 63.5 Å². The van der Waals surface area contributed by atoms with Gasteiger partial charge in [-0.1, -0.05) is 18.2 Å². The van der Waals surface area contributed by atoms with E-state index in [1.54, 1.807) is 0 Å². The molecule has 1 unspecified atom stereocenters. The Kier molecular flexibility index (Phi) is 13.3. The minimum absolute atomic E-state index is 0. The van der Waals surface area contributed by atoms with Crippen LogP contribution in [-0.2, 0) is 4.74 Å². The summed E-state index contributed by atoms with van der Waals surface area (Å²) in [6.45, 7) is 13.9. The molecule has 8 heteroatoms. The van der Waals surface area contributed by atoms with E-state index in [9.17, 15) is 5.11 Å². The number of guanidine groups is 1. The average Bonchev–Trinajstić information content (AvgIpc) is 2.73. The van der Waals surface area contributed by atoms with E-state index in [1.807, 2.05) is 13.0 Å². The van der Waals surface area contributed by atoms with E-state index in [-0.39, 0.29) is 24.0 Å². The van der Waals surface area contributed by atoms with Gasteiger partial charge >= 0.3 is 0 Å². The number of hydrogen-bond donors (Lipinski definition) is 3. The Bertz CT molecular complexity index is 594. The van der Waals surface area contributed by atoms with Gasteiger partial charge in [-0.05, 0) is 39.3 Å². The van der Waals surface area contributed by atoms with Gasteiger partial charge in [0.2, 0.25) is 0 Å². The zero-order valence-corrected chi connectivity index (χ0v) is 21.1. The lowest BCUT2D eigenvalue weighted by Crippen LogP contribution is -2.48. The van der Waals surface area contributed by atoms with Crippen LogP contribution in [0.1, 0.15) is 27.2 Å². The number of morpholine rings is 1. The number of β-amino-alcohol motifs (C(OH)–C–C–N with tert-alkyl or cyclic N) is 1. The van der Waals surface area contributed by atoms with E-state index < -0.39 is 5.60 Å². The third-order valence-electron chi connectivity index (χ3n) is 4.99. The summed E-state index contributed by atoms with van der Waals surface area (Å²) in [5.74, 6) is 0.762. The molecule has 0 bridgehead atoms. The van der Waals surface area contributed by atoms with E-state index in [1.165, 1.54) is 5.69 Å². The molecule has 0 aliphatic carbocycles. The number of halogens is 1. The molecule has 1 aromatic rings. The second-order valence-electron chi connectivity index (χ2n) is 7.78. The first-order valence-electron chi connectivity index (χ1n) is 10.9. The zero-order chi connectivity index (χ0) is 21.0. The van der Waals surface area contributed by atoms with Crippen LogP contribution in [0.25, 0.3) is 0 Å². The number of ether oxygens (including phenoxy) is 1. The third kappa shape index (κ3) is 10.3. The lowest BCUT2D eigenvalue weighted by molar-refractivity contribution is -0.0179. The maximum atomic E-state index is 10.7. The summed E-state index contributed by atoms with van der Waals surface area (Å²) in [5.41, 5.74) is 0.404. The largest absolute Gasteiger partial charge is 0.387 e. The fourth-order valence-electron chi connectivity index (χ4n) is 3.47. The predicted octanol–water partition coefficient (Wildman–Crippen LogP) is 2.16. The topological polar surface area (TPSA) is 72.4 Å². The molecule has 0 amide bonds. The first-order chi connectivity index (χ1) is 14.0. The summed E-state index contributed by atoms with van der Waals surface area (Å²) in [5, 5.41) is 17.4. The minimum atomic E-state index is -0.855. The molecule has 1 atom stereocenters. The molecule has 172 valence electrons. The highest BCUT2D eigenvalue weighted by Crippen LogP contribution is 2.13. The number of anilines is 1. The Morgan fingerprint density at radius 2 is 1.90 bits per heavy atom. The van der Waals surface area contributed by atoms with Crippen molar-refractivity contribution in [2.24, 2.45) is 4.99 Å². The molecule has 1 fully saturated rings. The van der Waals surface area contributed by atoms with Crippen LogP contribution < -0.4 is 15.5 Å². The van der Waals surface area contributed by atoms with Crippen molar-refractivity contribution in [3.63, 3.8) is 0 Å². The van der Waals surface area contributed by atoms with Gasteiger partial charge in [-0.2, -0.15) is 0 Å². The number of benzene rings is 1. The van der Waals surface area contributed by atoms with Crippen LogP contribution in [-0.4, -0.2) is 87.1 Å². The zero-order valence-electron chi connectivity index (χ0n) is 18.8. The molecular formula is C22H40IN5O2. The first kappa shape index (κ1) is 26.9. The van der Waals surface area contributed by atoms with Crippen molar-refractivity contribution < 1.29 is 9.84 Å². The van der Waals surface area contributed by atoms with Gasteiger partial charge in [-0.3, -0.25) is 9.89 Å². The van der Waals surface area contributed by atoms with E-state index in [0.29, 0.717) is 13.1 Å². The van der Waals surface area contributed by atoms with Crippen LogP contribution in [0.2, 0.25) is 0 Å². The van der Waals surface area contributed by atoms with Crippen molar-refractivity contribution >= 4 is 35.6 Å². The van der Waals surface area contributed by atoms with Crippen molar-refractivity contribution in [1.82, 2.24) is 15.5 Å². The van der Waals surface area contributed by atoms with Gasteiger partial charge in [0.05, 0.1) is 25.4 Å². The summed E-state index contributed by atoms with van der Waals surface area (Å²) in [7, 11) is 0. The maximum Gasteiger partial charge on any atom is 0.191 e. The van der Waals surface area contributed by atoms with Gasteiger partial charge < -0.3 is 25.4 Å². The molecule has 30 heavy (non-hydrogen) atoms. The Morgan fingerprint density at radius 1 is 1.20 bits per heavy atom. The SMILES string of the molecule is CCNC(=NCC(C)(O)CN1CCOCC1)NCCCN(CC)c1ccccc1.I. The second kappa shape index (κ2) is 14.8. The maximum absolute atomic E-state index is 10.7. The fourth-order valence-corrected chi connectivity index (χ4v) is 3.47. The second-order valence-corrected chi connectivity index (χ2v) is 7.78. The summed E-state index contributed by atoms with van der Waals surface area (Å²) in [6.07, 6.45) is 1.01. The van der Waals surface area contributed by atoms with Crippen LogP contribution in [0.15, 0.2) is 35.3 Å². The monoisotopic (exact) mass is 533 g/mol. The number of aliphatic imine (C=N–C) groups is 1. The number of hydrogen-bond acceptors (Lipinski definition) is 5. The molecule has 1 aromatic carbocycles. The van der Waals surface area contributed by atoms with Crippen LogP contribution >= 0.6 is 24.0 Å². The van der Waals surface area contributed by atoms with Crippen molar-refractivity contribution in [3.05, 3.63) is 30.3 Å². The van der Waals surface area contributed by atoms with Gasteiger partial charge in [0.1, 0.15) is 0 Å². The smallest absolute Gasteiger partial charge is 0.191 e. The van der Waals surface area contributed by atoms with Crippen molar-refractivity contribution in [3.8, 4) is 0 Å². The molecule has 3 N–H and O–H groups in total. The number of rotatable bonds is 11. The summed E-state index contributed by atoms with van der Waals surface area (Å²) >= 11 is 0. The third-order valence-corrected chi connectivity index (χ3v) is 4.99. The van der Waals surface area contributed by atoms with Gasteiger partial charge in [0.25, 0.3) is 0 Å². The highest BCUT2D eigenvalue weighted by atomic mass is 127. The van der Waals surface area contributed by atoms with Crippen LogP contribution in [0, 0.1) is 0 Å². The van der Waals surface area contributed by atoms with E-state index >= 15 is 0 Å². The van der Waals surface area contributed by atoms with E-state index in [0.717, 1.165) is 64.9 Å². The molecule has 1 saturated heterocycles. The fraction of sp³-hybridized carbons (Fsp3) is 0.682. The molecule has 0 aromatic heterocycles. The molecule has 0 radical (unpaired) electrons. The standard InChI is InChI=1S/C22H39N5O2.HI/c1-4-23-21(25-18-22(3,28)19-26-14-16-29-17-15-26)24-12-9-13-27(5-2)20-10-7-6-8-11-20;/h6-8,10-11,28H,4-5,9,12-19H2,1-3H3,(H2,23,24,25);1H. The quantitative estimate of drug-likeness (QED) is 0.175. The van der Waals surface area contributed by atoms with E-state index in [4.69, 9.17) is 4.74 Å². The van der Waals surface area contributed by atoms with Crippen molar-refractivity contribution in [2.45, 2.75) is 32.8 Å². The number of aliphatic hydroxyl groups is 1. The lowest BCUT2D eigenvalue weighted by atomic mass is 10.1. The number of nitrogens with zero attached hydrogens (tertiary/aromatic N) is 3. The predicted molar refractivity (Wildman–Crippen MR) is 136 cm³/mol. The minimum Gasteiger partial charge on any atom is -0.387 e. The summed E-state index contributed by atoms with van der Waals surface area (Å²) in [6, 6.07) is 10.5. The molecule has 7 nitrogen and oxygen atoms in total. The van der Waals surface area contributed by atoms with Crippen LogP contribution in [0.4, 0.5) is 5.69 Å². The van der Waals surface area contributed by atoms with Crippen LogP contribution in [0.3, 0.4) is 0 Å². The van der Waals surface area contributed by atoms with Gasteiger partial charge in [-0.15, -0.1) is 24.0 Å². The number of nitrogens with one attached hydrogen (secondary N) is 2. The highest BCUT2D eigenvalue weighted by Gasteiger charge is 2.25. The molecule has 2 rings (SSSR count). The van der Waals surface area contributed by atoms with Crippen molar-refractivity contribution in [1.29, 1.82) is 0 Å². The average molecular weight is 533 g/mol. The molecule has 0 saturated carbocycles. The Hall–Kier alpha value is -1.10. The summed E-state index contributed by atoms with van der Waals surface area (Å²) in [4.78, 5) is 9.23.